The van der Waals surface area contributed by atoms with Gasteiger partial charge in [0, 0.05) is 12.1 Å². The van der Waals surface area contributed by atoms with Gasteiger partial charge in [-0.05, 0) is 38.3 Å². The van der Waals surface area contributed by atoms with Gasteiger partial charge in [0.1, 0.15) is 12.7 Å². The van der Waals surface area contributed by atoms with Crippen LogP contribution in [0.25, 0.3) is 0 Å². The Morgan fingerprint density at radius 2 is 2.00 bits per heavy atom. The molecule has 0 heterocycles. The zero-order chi connectivity index (χ0) is 13.7. The van der Waals surface area contributed by atoms with E-state index in [1.165, 1.54) is 19.3 Å². The normalized spacial score (nSPS) is 18.5. The summed E-state index contributed by atoms with van der Waals surface area (Å²) < 4.78 is 10.8. The van der Waals surface area contributed by atoms with Crippen molar-refractivity contribution in [2.75, 3.05) is 20.3 Å². The molecule has 1 aromatic carbocycles. The molecule has 1 unspecified atom stereocenters. The van der Waals surface area contributed by atoms with Crippen molar-refractivity contribution in [2.24, 2.45) is 0 Å². The predicted octanol–water partition coefficient (Wildman–Crippen LogP) is 1.97. The number of methoxy groups -OCH3 is 1. The Hall–Kier alpha value is -1.26. The van der Waals surface area contributed by atoms with Crippen LogP contribution in [-0.4, -0.2) is 37.0 Å². The Kier molecular flexibility index (Phi) is 4.66. The Morgan fingerprint density at radius 1 is 1.32 bits per heavy atom. The minimum Gasteiger partial charge on any atom is -0.493 e. The molecule has 1 aromatic rings. The number of para-hydroxylation sites is 2. The molecule has 1 aliphatic rings. The highest BCUT2D eigenvalue weighted by atomic mass is 16.5. The van der Waals surface area contributed by atoms with E-state index in [4.69, 9.17) is 9.47 Å². The summed E-state index contributed by atoms with van der Waals surface area (Å²) in [5.41, 5.74) is 0.214. The van der Waals surface area contributed by atoms with Gasteiger partial charge in [-0.2, -0.15) is 0 Å². The van der Waals surface area contributed by atoms with Crippen LogP contribution in [0.4, 0.5) is 0 Å². The van der Waals surface area contributed by atoms with E-state index in [-0.39, 0.29) is 12.1 Å². The molecular weight excluding hydrogens is 242 g/mol. The molecule has 0 radical (unpaired) electrons. The SMILES string of the molecule is COc1ccccc1OCC(O)CNC1(C)CCC1. The summed E-state index contributed by atoms with van der Waals surface area (Å²) in [4.78, 5) is 0. The predicted molar refractivity (Wildman–Crippen MR) is 74.8 cm³/mol. The van der Waals surface area contributed by atoms with E-state index >= 15 is 0 Å². The van der Waals surface area contributed by atoms with Crippen LogP contribution in [0.2, 0.25) is 0 Å². The largest absolute Gasteiger partial charge is 0.493 e. The summed E-state index contributed by atoms with van der Waals surface area (Å²) in [6.07, 6.45) is 3.14. The van der Waals surface area contributed by atoms with Gasteiger partial charge in [0.25, 0.3) is 0 Å². The molecular formula is C15H23NO3. The number of rotatable bonds is 7. The van der Waals surface area contributed by atoms with Crippen molar-refractivity contribution in [1.29, 1.82) is 0 Å². The van der Waals surface area contributed by atoms with Crippen LogP contribution in [0.5, 0.6) is 11.5 Å². The van der Waals surface area contributed by atoms with E-state index in [0.717, 1.165) is 0 Å². The van der Waals surface area contributed by atoms with Crippen LogP contribution in [-0.2, 0) is 0 Å². The first-order valence-electron chi connectivity index (χ1n) is 6.82. The molecule has 2 rings (SSSR count). The monoisotopic (exact) mass is 265 g/mol. The van der Waals surface area contributed by atoms with Crippen molar-refractivity contribution < 1.29 is 14.6 Å². The van der Waals surface area contributed by atoms with Gasteiger partial charge in [-0.3, -0.25) is 0 Å². The summed E-state index contributed by atoms with van der Waals surface area (Å²) in [5, 5.41) is 13.3. The summed E-state index contributed by atoms with van der Waals surface area (Å²) in [6.45, 7) is 3.03. The van der Waals surface area contributed by atoms with E-state index in [2.05, 4.69) is 12.2 Å². The van der Waals surface area contributed by atoms with Crippen molar-refractivity contribution >= 4 is 0 Å². The highest BCUT2D eigenvalue weighted by molar-refractivity contribution is 5.39. The Morgan fingerprint density at radius 3 is 2.58 bits per heavy atom. The fourth-order valence-corrected chi connectivity index (χ4v) is 2.23. The molecule has 4 nitrogen and oxygen atoms in total. The third-order valence-corrected chi connectivity index (χ3v) is 3.72. The maximum absolute atomic E-state index is 9.93. The van der Waals surface area contributed by atoms with E-state index in [1.54, 1.807) is 7.11 Å². The van der Waals surface area contributed by atoms with Crippen LogP contribution in [0.1, 0.15) is 26.2 Å². The summed E-state index contributed by atoms with van der Waals surface area (Å²) in [5.74, 6) is 1.35. The van der Waals surface area contributed by atoms with E-state index in [0.29, 0.717) is 18.0 Å². The Balaban J connectivity index is 1.75. The van der Waals surface area contributed by atoms with Crippen molar-refractivity contribution in [3.63, 3.8) is 0 Å². The lowest BCUT2D eigenvalue weighted by Gasteiger charge is -2.40. The first-order chi connectivity index (χ1) is 9.13. The summed E-state index contributed by atoms with van der Waals surface area (Å²) >= 11 is 0. The molecule has 4 heteroatoms. The second-order valence-corrected chi connectivity index (χ2v) is 5.41. The number of benzene rings is 1. The molecule has 1 saturated carbocycles. The molecule has 2 N–H and O–H groups in total. The zero-order valence-corrected chi connectivity index (χ0v) is 11.7. The molecule has 0 aliphatic heterocycles. The molecule has 0 aromatic heterocycles. The number of ether oxygens (including phenoxy) is 2. The fraction of sp³-hybridized carbons (Fsp3) is 0.600. The number of hydrogen-bond acceptors (Lipinski definition) is 4. The molecule has 1 atom stereocenters. The number of aliphatic hydroxyl groups excluding tert-OH is 1. The first-order valence-corrected chi connectivity index (χ1v) is 6.82. The summed E-state index contributed by atoms with van der Waals surface area (Å²) in [7, 11) is 1.61. The van der Waals surface area contributed by atoms with Gasteiger partial charge >= 0.3 is 0 Å². The van der Waals surface area contributed by atoms with Crippen molar-refractivity contribution in [1.82, 2.24) is 5.32 Å². The van der Waals surface area contributed by atoms with E-state index in [9.17, 15) is 5.11 Å². The number of hydrogen-bond donors (Lipinski definition) is 2. The standard InChI is InChI=1S/C15H23NO3/c1-15(8-5-9-15)16-10-12(17)11-19-14-7-4-3-6-13(14)18-2/h3-4,6-7,12,16-17H,5,8-11H2,1-2H3. The topological polar surface area (TPSA) is 50.7 Å². The van der Waals surface area contributed by atoms with Gasteiger partial charge < -0.3 is 19.9 Å². The molecule has 0 amide bonds. The van der Waals surface area contributed by atoms with Gasteiger partial charge in [-0.25, -0.2) is 0 Å². The molecule has 106 valence electrons. The second-order valence-electron chi connectivity index (χ2n) is 5.41. The van der Waals surface area contributed by atoms with Crippen molar-refractivity contribution in [3.8, 4) is 11.5 Å². The molecule has 0 saturated heterocycles. The number of aliphatic hydroxyl groups is 1. The molecule has 0 bridgehead atoms. The van der Waals surface area contributed by atoms with Gasteiger partial charge in [0.15, 0.2) is 11.5 Å². The molecule has 1 aliphatic carbocycles. The quantitative estimate of drug-likeness (QED) is 0.791. The highest BCUT2D eigenvalue weighted by Crippen LogP contribution is 2.30. The third-order valence-electron chi connectivity index (χ3n) is 3.72. The highest BCUT2D eigenvalue weighted by Gasteiger charge is 2.31. The fourth-order valence-electron chi connectivity index (χ4n) is 2.23. The smallest absolute Gasteiger partial charge is 0.161 e. The lowest BCUT2D eigenvalue weighted by molar-refractivity contribution is 0.0856. The number of nitrogens with one attached hydrogen (secondary N) is 1. The zero-order valence-electron chi connectivity index (χ0n) is 11.7. The lowest BCUT2D eigenvalue weighted by Crippen LogP contribution is -2.51. The van der Waals surface area contributed by atoms with E-state index in [1.807, 2.05) is 24.3 Å². The van der Waals surface area contributed by atoms with Gasteiger partial charge in [-0.1, -0.05) is 12.1 Å². The average molecular weight is 265 g/mol. The van der Waals surface area contributed by atoms with Crippen LogP contribution in [0, 0.1) is 0 Å². The minimum absolute atomic E-state index is 0.214. The van der Waals surface area contributed by atoms with Crippen LogP contribution >= 0.6 is 0 Å². The minimum atomic E-state index is -0.512. The number of β-amino-alcohol motifs (C(OH)–C–C–N with tert-alkyl or cyclic N) is 1. The molecule has 0 spiro atoms. The van der Waals surface area contributed by atoms with Crippen LogP contribution in [0.3, 0.4) is 0 Å². The van der Waals surface area contributed by atoms with Crippen LogP contribution < -0.4 is 14.8 Å². The maximum atomic E-state index is 9.93. The first kappa shape index (κ1) is 14.2. The third kappa shape index (κ3) is 3.85. The van der Waals surface area contributed by atoms with Gasteiger partial charge in [-0.15, -0.1) is 0 Å². The maximum Gasteiger partial charge on any atom is 0.161 e. The lowest BCUT2D eigenvalue weighted by atomic mass is 9.78. The Bertz CT molecular complexity index is 404. The van der Waals surface area contributed by atoms with Gasteiger partial charge in [0.05, 0.1) is 7.11 Å². The Labute approximate surface area is 114 Å². The molecule has 19 heavy (non-hydrogen) atoms. The molecule has 1 fully saturated rings. The second kappa shape index (κ2) is 6.26. The van der Waals surface area contributed by atoms with Crippen molar-refractivity contribution in [2.45, 2.75) is 37.8 Å². The average Bonchev–Trinajstić information content (AvgIpc) is 2.41. The van der Waals surface area contributed by atoms with Gasteiger partial charge in [0.2, 0.25) is 0 Å². The summed E-state index contributed by atoms with van der Waals surface area (Å²) in [6, 6.07) is 7.46. The van der Waals surface area contributed by atoms with Crippen molar-refractivity contribution in [3.05, 3.63) is 24.3 Å². The van der Waals surface area contributed by atoms with E-state index < -0.39 is 6.10 Å². The van der Waals surface area contributed by atoms with Crippen LogP contribution in [0.15, 0.2) is 24.3 Å².